The largest absolute Gasteiger partial charge is 0.450 e. The molecule has 1 aliphatic heterocycles. The molecule has 1 saturated heterocycles. The van der Waals surface area contributed by atoms with E-state index in [0.29, 0.717) is 25.1 Å². The lowest BCUT2D eigenvalue weighted by molar-refractivity contribution is 0.0934. The molecule has 0 N–H and O–H groups in total. The number of fused-ring (bicyclic) bond motifs is 1. The summed E-state index contributed by atoms with van der Waals surface area (Å²) in [5.74, 6) is 0. The molecular weight excluding hydrogens is 408 g/mol. The summed E-state index contributed by atoms with van der Waals surface area (Å²) in [4.78, 5) is 13.6. The van der Waals surface area contributed by atoms with Gasteiger partial charge in [-0.2, -0.15) is 4.31 Å². The number of halogens is 1. The fourth-order valence-corrected chi connectivity index (χ4v) is 5.02. The van der Waals surface area contributed by atoms with Crippen molar-refractivity contribution in [3.63, 3.8) is 0 Å². The van der Waals surface area contributed by atoms with Crippen LogP contribution >= 0.6 is 15.9 Å². The number of hydrogen-bond donors (Lipinski definition) is 0. The number of carbonyl (C=O) groups is 1. The molecule has 134 valence electrons. The molecule has 1 aliphatic rings. The Kier molecular flexibility index (Phi) is 5.31. The zero-order chi connectivity index (χ0) is 18.0. The Hall–Kier alpha value is -1.64. The van der Waals surface area contributed by atoms with Gasteiger partial charge in [0.1, 0.15) is 0 Å². The van der Waals surface area contributed by atoms with Crippen LogP contribution in [-0.2, 0) is 14.8 Å². The smallest absolute Gasteiger partial charge is 0.409 e. The molecule has 0 unspecified atom stereocenters. The van der Waals surface area contributed by atoms with E-state index in [1.54, 1.807) is 19.1 Å². The maximum Gasteiger partial charge on any atom is 0.409 e. The van der Waals surface area contributed by atoms with Crippen LogP contribution in [0.3, 0.4) is 0 Å². The van der Waals surface area contributed by atoms with E-state index >= 15 is 0 Å². The van der Waals surface area contributed by atoms with E-state index in [1.807, 2.05) is 24.3 Å². The summed E-state index contributed by atoms with van der Waals surface area (Å²) < 4.78 is 33.4. The van der Waals surface area contributed by atoms with Crippen LogP contribution in [0.4, 0.5) is 4.79 Å². The van der Waals surface area contributed by atoms with Gasteiger partial charge in [0.05, 0.1) is 11.5 Å². The van der Waals surface area contributed by atoms with E-state index in [-0.39, 0.29) is 18.0 Å². The number of hydrogen-bond acceptors (Lipinski definition) is 4. The lowest BCUT2D eigenvalue weighted by atomic mass is 10.1. The van der Waals surface area contributed by atoms with Gasteiger partial charge in [-0.25, -0.2) is 13.2 Å². The standard InChI is InChI=1S/C17H19BrN2O4S/c1-2-24-17(21)19-9-11-20(12-10-19)25(22,23)16-8-7-15(18)13-5-3-4-6-14(13)16/h3-8H,2,9-12H2,1H3. The summed E-state index contributed by atoms with van der Waals surface area (Å²) in [7, 11) is -3.63. The molecule has 0 saturated carbocycles. The SMILES string of the molecule is CCOC(=O)N1CCN(S(=O)(=O)c2ccc(Br)c3ccccc23)CC1. The van der Waals surface area contributed by atoms with Gasteiger partial charge >= 0.3 is 6.09 Å². The predicted octanol–water partition coefficient (Wildman–Crippen LogP) is 3.07. The summed E-state index contributed by atoms with van der Waals surface area (Å²) in [5.41, 5.74) is 0. The molecule has 0 aliphatic carbocycles. The number of sulfonamides is 1. The van der Waals surface area contributed by atoms with Crippen LogP contribution in [0.25, 0.3) is 10.8 Å². The number of carbonyl (C=O) groups excluding carboxylic acids is 1. The molecule has 0 aromatic heterocycles. The number of piperazine rings is 1. The molecule has 3 rings (SSSR count). The first-order valence-electron chi connectivity index (χ1n) is 8.04. The molecule has 1 heterocycles. The highest BCUT2D eigenvalue weighted by Gasteiger charge is 2.31. The highest BCUT2D eigenvalue weighted by atomic mass is 79.9. The van der Waals surface area contributed by atoms with E-state index in [2.05, 4.69) is 15.9 Å². The van der Waals surface area contributed by atoms with E-state index < -0.39 is 16.1 Å². The van der Waals surface area contributed by atoms with Gasteiger partial charge < -0.3 is 9.64 Å². The predicted molar refractivity (Wildman–Crippen MR) is 99.0 cm³/mol. The minimum absolute atomic E-state index is 0.255. The Morgan fingerprint density at radius 2 is 1.72 bits per heavy atom. The fraction of sp³-hybridized carbons (Fsp3) is 0.353. The second-order valence-electron chi connectivity index (χ2n) is 5.68. The van der Waals surface area contributed by atoms with E-state index in [1.165, 1.54) is 9.21 Å². The van der Waals surface area contributed by atoms with Gasteiger partial charge in [-0.3, -0.25) is 0 Å². The summed E-state index contributed by atoms with van der Waals surface area (Å²) in [5, 5.41) is 1.54. The van der Waals surface area contributed by atoms with Crippen LogP contribution in [0.2, 0.25) is 0 Å². The van der Waals surface area contributed by atoms with Gasteiger partial charge in [-0.05, 0) is 24.4 Å². The van der Waals surface area contributed by atoms with Gasteiger partial charge in [0.25, 0.3) is 0 Å². The lowest BCUT2D eigenvalue weighted by Crippen LogP contribution is -2.50. The zero-order valence-corrected chi connectivity index (χ0v) is 16.2. The first kappa shape index (κ1) is 18.2. The molecule has 0 bridgehead atoms. The summed E-state index contributed by atoms with van der Waals surface area (Å²) >= 11 is 3.47. The van der Waals surface area contributed by atoms with E-state index in [0.717, 1.165) is 9.86 Å². The second kappa shape index (κ2) is 7.31. The minimum Gasteiger partial charge on any atom is -0.450 e. The van der Waals surface area contributed by atoms with Gasteiger partial charge in [0, 0.05) is 36.0 Å². The molecule has 8 heteroatoms. The zero-order valence-electron chi connectivity index (χ0n) is 13.8. The van der Waals surface area contributed by atoms with Crippen LogP contribution in [-0.4, -0.2) is 56.5 Å². The number of nitrogens with zero attached hydrogens (tertiary/aromatic N) is 2. The van der Waals surface area contributed by atoms with Gasteiger partial charge in [0.15, 0.2) is 0 Å². The molecule has 25 heavy (non-hydrogen) atoms. The molecule has 6 nitrogen and oxygen atoms in total. The first-order chi connectivity index (χ1) is 11.9. The minimum atomic E-state index is -3.63. The first-order valence-corrected chi connectivity index (χ1v) is 10.3. The van der Waals surface area contributed by atoms with Crippen molar-refractivity contribution in [1.82, 2.24) is 9.21 Å². The Morgan fingerprint density at radius 3 is 2.36 bits per heavy atom. The molecule has 0 spiro atoms. The lowest BCUT2D eigenvalue weighted by Gasteiger charge is -2.33. The van der Waals surface area contributed by atoms with Crippen molar-refractivity contribution < 1.29 is 17.9 Å². The third-order valence-electron chi connectivity index (χ3n) is 4.21. The normalized spacial score (nSPS) is 16.2. The molecule has 2 aromatic carbocycles. The third-order valence-corrected chi connectivity index (χ3v) is 6.86. The van der Waals surface area contributed by atoms with Crippen molar-refractivity contribution in [2.75, 3.05) is 32.8 Å². The molecule has 2 aromatic rings. The highest BCUT2D eigenvalue weighted by Crippen LogP contribution is 2.31. The maximum absolute atomic E-state index is 13.1. The van der Waals surface area contributed by atoms with Crippen molar-refractivity contribution in [3.05, 3.63) is 40.9 Å². The van der Waals surface area contributed by atoms with Crippen molar-refractivity contribution in [3.8, 4) is 0 Å². The average Bonchev–Trinajstić information content (AvgIpc) is 2.62. The summed E-state index contributed by atoms with van der Waals surface area (Å²) in [6.45, 7) is 3.22. The van der Waals surface area contributed by atoms with E-state index in [9.17, 15) is 13.2 Å². The summed E-state index contributed by atoms with van der Waals surface area (Å²) in [6, 6.07) is 10.8. The molecule has 1 fully saturated rings. The van der Waals surface area contributed by atoms with Crippen LogP contribution in [0.15, 0.2) is 45.8 Å². The number of rotatable bonds is 3. The maximum atomic E-state index is 13.1. The fourth-order valence-electron chi connectivity index (χ4n) is 2.92. The number of benzene rings is 2. The molecular formula is C17H19BrN2O4S. The third kappa shape index (κ3) is 3.51. The van der Waals surface area contributed by atoms with Crippen molar-refractivity contribution in [2.45, 2.75) is 11.8 Å². The van der Waals surface area contributed by atoms with E-state index in [4.69, 9.17) is 4.74 Å². The van der Waals surface area contributed by atoms with Gasteiger partial charge in [-0.1, -0.05) is 40.2 Å². The topological polar surface area (TPSA) is 66.9 Å². The Labute approximate surface area is 155 Å². The van der Waals surface area contributed by atoms with Crippen molar-refractivity contribution in [2.24, 2.45) is 0 Å². The summed E-state index contributed by atoms with van der Waals surface area (Å²) in [6.07, 6.45) is -0.395. The Balaban J connectivity index is 1.87. The van der Waals surface area contributed by atoms with Gasteiger partial charge in [-0.15, -0.1) is 0 Å². The number of amides is 1. The van der Waals surface area contributed by atoms with Crippen LogP contribution in [0.1, 0.15) is 6.92 Å². The molecule has 0 atom stereocenters. The van der Waals surface area contributed by atoms with Crippen molar-refractivity contribution >= 4 is 42.8 Å². The Morgan fingerprint density at radius 1 is 1.08 bits per heavy atom. The average molecular weight is 427 g/mol. The van der Waals surface area contributed by atoms with Crippen LogP contribution < -0.4 is 0 Å². The van der Waals surface area contributed by atoms with Crippen molar-refractivity contribution in [1.29, 1.82) is 0 Å². The second-order valence-corrected chi connectivity index (χ2v) is 8.44. The monoisotopic (exact) mass is 426 g/mol. The molecule has 1 amide bonds. The number of ether oxygens (including phenoxy) is 1. The van der Waals surface area contributed by atoms with Gasteiger partial charge in [0.2, 0.25) is 10.0 Å². The molecule has 0 radical (unpaired) electrons. The van der Waals surface area contributed by atoms with Crippen LogP contribution in [0.5, 0.6) is 0 Å². The highest BCUT2D eigenvalue weighted by molar-refractivity contribution is 9.10. The van der Waals surface area contributed by atoms with Crippen LogP contribution in [0, 0.1) is 0 Å². The Bertz CT molecular complexity index is 893. The quantitative estimate of drug-likeness (QED) is 0.755.